The van der Waals surface area contributed by atoms with Gasteiger partial charge in [0, 0.05) is 6.42 Å². The summed E-state index contributed by atoms with van der Waals surface area (Å²) in [6.45, 7) is 4.96. The van der Waals surface area contributed by atoms with Crippen molar-refractivity contribution >= 4 is 11.9 Å². The van der Waals surface area contributed by atoms with Crippen LogP contribution in [-0.4, -0.2) is 22.2 Å². The van der Waals surface area contributed by atoms with Gasteiger partial charge in [0.2, 0.25) is 0 Å². The van der Waals surface area contributed by atoms with Crippen LogP contribution in [0.3, 0.4) is 0 Å². The van der Waals surface area contributed by atoms with Crippen molar-refractivity contribution in [2.75, 3.05) is 0 Å². The molecular formula is C9H16O4. The molecule has 0 rings (SSSR count). The molecule has 0 spiro atoms. The first-order valence-corrected chi connectivity index (χ1v) is 4.21. The van der Waals surface area contributed by atoms with E-state index in [1.807, 2.05) is 0 Å². The third-order valence-electron chi connectivity index (χ3n) is 1.96. The lowest BCUT2D eigenvalue weighted by atomic mass is 9.82. The van der Waals surface area contributed by atoms with Crippen molar-refractivity contribution in [3.05, 3.63) is 0 Å². The highest BCUT2D eigenvalue weighted by molar-refractivity contribution is 5.73. The number of hydrogen-bond acceptors (Lipinski definition) is 2. The zero-order valence-electron chi connectivity index (χ0n) is 8.20. The maximum Gasteiger partial charge on any atom is 0.309 e. The van der Waals surface area contributed by atoms with E-state index in [1.54, 1.807) is 20.8 Å². The molecule has 0 aromatic rings. The molecule has 0 fully saturated rings. The number of carboxylic acid groups (broad SMARTS) is 2. The van der Waals surface area contributed by atoms with Crippen LogP contribution in [0.5, 0.6) is 0 Å². The molecule has 13 heavy (non-hydrogen) atoms. The van der Waals surface area contributed by atoms with E-state index in [0.29, 0.717) is 6.42 Å². The maximum absolute atomic E-state index is 10.7. The molecule has 0 aromatic carbocycles. The summed E-state index contributed by atoms with van der Waals surface area (Å²) in [5.74, 6) is -1.87. The van der Waals surface area contributed by atoms with E-state index in [9.17, 15) is 9.59 Å². The van der Waals surface area contributed by atoms with Gasteiger partial charge in [0.05, 0.1) is 5.41 Å². The highest BCUT2D eigenvalue weighted by atomic mass is 16.4. The molecule has 0 aromatic heterocycles. The Bertz CT molecular complexity index is 208. The molecular weight excluding hydrogens is 172 g/mol. The van der Waals surface area contributed by atoms with Crippen molar-refractivity contribution in [1.29, 1.82) is 0 Å². The second kappa shape index (κ2) is 4.25. The van der Waals surface area contributed by atoms with Gasteiger partial charge in [-0.05, 0) is 26.2 Å². The van der Waals surface area contributed by atoms with Gasteiger partial charge in [-0.25, -0.2) is 0 Å². The molecule has 1 atom stereocenters. The Kier molecular flexibility index (Phi) is 3.91. The largest absolute Gasteiger partial charge is 0.481 e. The fourth-order valence-electron chi connectivity index (χ4n) is 1.33. The molecule has 0 aliphatic rings. The zero-order chi connectivity index (χ0) is 10.6. The van der Waals surface area contributed by atoms with Crippen molar-refractivity contribution in [3.63, 3.8) is 0 Å². The molecule has 0 saturated heterocycles. The fraction of sp³-hybridized carbons (Fsp3) is 0.778. The fourth-order valence-corrected chi connectivity index (χ4v) is 1.33. The van der Waals surface area contributed by atoms with Crippen molar-refractivity contribution < 1.29 is 19.8 Å². The molecule has 0 aliphatic heterocycles. The Labute approximate surface area is 77.6 Å². The van der Waals surface area contributed by atoms with Crippen LogP contribution in [0.4, 0.5) is 0 Å². The van der Waals surface area contributed by atoms with Crippen LogP contribution >= 0.6 is 0 Å². The average Bonchev–Trinajstić information content (AvgIpc) is 1.82. The molecule has 0 saturated carbocycles. The monoisotopic (exact) mass is 188 g/mol. The SMILES string of the molecule is CC(CC(=O)O)CC(C)(C)C(=O)O. The van der Waals surface area contributed by atoms with E-state index < -0.39 is 17.4 Å². The second-order valence-corrected chi connectivity index (χ2v) is 4.10. The van der Waals surface area contributed by atoms with E-state index in [1.165, 1.54) is 0 Å². The Morgan fingerprint density at radius 3 is 2.08 bits per heavy atom. The van der Waals surface area contributed by atoms with Gasteiger partial charge in [-0.3, -0.25) is 9.59 Å². The number of rotatable bonds is 5. The summed E-state index contributed by atoms with van der Waals surface area (Å²) in [6, 6.07) is 0. The van der Waals surface area contributed by atoms with Crippen molar-refractivity contribution in [2.24, 2.45) is 11.3 Å². The topological polar surface area (TPSA) is 74.6 Å². The first kappa shape index (κ1) is 11.9. The lowest BCUT2D eigenvalue weighted by Gasteiger charge is -2.22. The van der Waals surface area contributed by atoms with E-state index >= 15 is 0 Å². The number of carbonyl (C=O) groups is 2. The van der Waals surface area contributed by atoms with Gasteiger partial charge >= 0.3 is 11.9 Å². The van der Waals surface area contributed by atoms with Crippen LogP contribution in [0, 0.1) is 11.3 Å². The highest BCUT2D eigenvalue weighted by Crippen LogP contribution is 2.27. The predicted molar refractivity (Wildman–Crippen MR) is 47.5 cm³/mol. The van der Waals surface area contributed by atoms with Crippen LogP contribution in [0.15, 0.2) is 0 Å². The van der Waals surface area contributed by atoms with Gasteiger partial charge in [0.15, 0.2) is 0 Å². The molecule has 4 nitrogen and oxygen atoms in total. The Balaban J connectivity index is 4.11. The van der Waals surface area contributed by atoms with E-state index in [-0.39, 0.29) is 12.3 Å². The molecule has 0 amide bonds. The van der Waals surface area contributed by atoms with Gasteiger partial charge < -0.3 is 10.2 Å². The summed E-state index contributed by atoms with van der Waals surface area (Å²) >= 11 is 0. The maximum atomic E-state index is 10.7. The van der Waals surface area contributed by atoms with Gasteiger partial charge in [-0.1, -0.05) is 6.92 Å². The van der Waals surface area contributed by atoms with Crippen LogP contribution in [-0.2, 0) is 9.59 Å². The van der Waals surface area contributed by atoms with E-state index in [0.717, 1.165) is 0 Å². The molecule has 0 aliphatic carbocycles. The van der Waals surface area contributed by atoms with Gasteiger partial charge in [-0.15, -0.1) is 0 Å². The lowest BCUT2D eigenvalue weighted by Crippen LogP contribution is -2.26. The van der Waals surface area contributed by atoms with Crippen LogP contribution in [0.25, 0.3) is 0 Å². The van der Waals surface area contributed by atoms with Crippen molar-refractivity contribution in [3.8, 4) is 0 Å². The Morgan fingerprint density at radius 2 is 1.77 bits per heavy atom. The van der Waals surface area contributed by atoms with Crippen LogP contribution in [0.2, 0.25) is 0 Å². The summed E-state index contributed by atoms with van der Waals surface area (Å²) in [5.41, 5.74) is -0.838. The summed E-state index contributed by atoms with van der Waals surface area (Å²) < 4.78 is 0. The normalized spacial score (nSPS) is 13.8. The molecule has 4 heteroatoms. The molecule has 0 radical (unpaired) electrons. The third-order valence-corrected chi connectivity index (χ3v) is 1.96. The first-order valence-electron chi connectivity index (χ1n) is 4.21. The molecule has 1 unspecified atom stereocenters. The summed E-state index contributed by atoms with van der Waals surface area (Å²) in [6.07, 6.45) is 0.408. The standard InChI is InChI=1S/C9H16O4/c1-6(4-7(10)11)5-9(2,3)8(12)13/h6H,4-5H2,1-3H3,(H,10,11)(H,12,13). The molecule has 76 valence electrons. The number of carboxylic acids is 2. The van der Waals surface area contributed by atoms with Gasteiger partial charge in [0.25, 0.3) is 0 Å². The van der Waals surface area contributed by atoms with E-state index in [2.05, 4.69) is 0 Å². The average molecular weight is 188 g/mol. The third kappa shape index (κ3) is 4.50. The Hall–Kier alpha value is -1.06. The van der Waals surface area contributed by atoms with Crippen LogP contribution in [0.1, 0.15) is 33.6 Å². The molecule has 0 bridgehead atoms. The summed E-state index contributed by atoms with van der Waals surface area (Å²) in [5, 5.41) is 17.2. The quantitative estimate of drug-likeness (QED) is 0.687. The minimum atomic E-state index is -0.885. The van der Waals surface area contributed by atoms with Gasteiger partial charge in [0.1, 0.15) is 0 Å². The van der Waals surface area contributed by atoms with E-state index in [4.69, 9.17) is 10.2 Å². The molecule has 2 N–H and O–H groups in total. The van der Waals surface area contributed by atoms with Crippen LogP contribution < -0.4 is 0 Å². The zero-order valence-corrected chi connectivity index (χ0v) is 8.20. The van der Waals surface area contributed by atoms with Gasteiger partial charge in [-0.2, -0.15) is 0 Å². The summed E-state index contributed by atoms with van der Waals surface area (Å²) in [4.78, 5) is 21.0. The second-order valence-electron chi connectivity index (χ2n) is 4.10. The van der Waals surface area contributed by atoms with Crippen molar-refractivity contribution in [2.45, 2.75) is 33.6 Å². The number of aliphatic carboxylic acids is 2. The predicted octanol–water partition coefficient (Wildman–Crippen LogP) is 1.60. The minimum Gasteiger partial charge on any atom is -0.481 e. The smallest absolute Gasteiger partial charge is 0.309 e. The minimum absolute atomic E-state index is 0.0245. The summed E-state index contributed by atoms with van der Waals surface area (Å²) in [7, 11) is 0. The highest BCUT2D eigenvalue weighted by Gasteiger charge is 2.29. The first-order chi connectivity index (χ1) is 5.75. The lowest BCUT2D eigenvalue weighted by molar-refractivity contribution is -0.149. The number of hydrogen-bond donors (Lipinski definition) is 2. The molecule has 0 heterocycles. The Morgan fingerprint density at radius 1 is 1.31 bits per heavy atom. The van der Waals surface area contributed by atoms with Crippen molar-refractivity contribution in [1.82, 2.24) is 0 Å².